The van der Waals surface area contributed by atoms with Gasteiger partial charge in [0.25, 0.3) is 0 Å². The molecule has 0 radical (unpaired) electrons. The zero-order valence-corrected chi connectivity index (χ0v) is 53.0. The van der Waals surface area contributed by atoms with Crippen molar-refractivity contribution in [2.24, 2.45) is 11.8 Å². The second-order valence-electron chi connectivity index (χ2n) is 24.7. The maximum absolute atomic E-state index is 14.1. The molecule has 10 rings (SSSR count). The van der Waals surface area contributed by atoms with Gasteiger partial charge in [-0.25, -0.2) is 9.59 Å². The normalized spacial score (nSPS) is 17.4. The monoisotopic (exact) mass is 1200 g/mol. The van der Waals surface area contributed by atoms with Crippen molar-refractivity contribution in [1.29, 1.82) is 0 Å². The molecule has 88 heavy (non-hydrogen) atoms. The van der Waals surface area contributed by atoms with E-state index < -0.39 is 36.1 Å². The van der Waals surface area contributed by atoms with Crippen LogP contribution in [-0.2, 0) is 48.0 Å². The number of likely N-dealkylation sites (tertiary alicyclic amines) is 2. The van der Waals surface area contributed by atoms with Crippen LogP contribution in [0.1, 0.15) is 119 Å². The van der Waals surface area contributed by atoms with Crippen LogP contribution < -0.4 is 5.73 Å². The van der Waals surface area contributed by atoms with Gasteiger partial charge in [-0.05, 0) is 153 Å². The third-order valence-electron chi connectivity index (χ3n) is 15.6. The van der Waals surface area contributed by atoms with E-state index >= 15 is 0 Å². The van der Waals surface area contributed by atoms with Crippen LogP contribution in [0.5, 0.6) is 0 Å². The summed E-state index contributed by atoms with van der Waals surface area (Å²) in [5.41, 5.74) is 15.3. The number of hydrogen-bond donors (Lipinski definition) is 2. The fourth-order valence-corrected chi connectivity index (χ4v) is 11.4. The molecule has 2 aliphatic heterocycles. The number of carboxylic acid groups (broad SMARTS) is 1. The minimum Gasteiger partial charge on any atom is -0.481 e. The average molecular weight is 1200 g/mol. The van der Waals surface area contributed by atoms with Crippen molar-refractivity contribution in [2.75, 3.05) is 59.3 Å². The molecule has 4 heterocycles. The van der Waals surface area contributed by atoms with Crippen LogP contribution in [0.3, 0.4) is 0 Å². The molecule has 3 N–H and O–H groups in total. The molecule has 0 aliphatic carbocycles. The van der Waals surface area contributed by atoms with E-state index in [-0.39, 0.29) is 36.2 Å². The highest BCUT2D eigenvalue weighted by Crippen LogP contribution is 2.38. The number of nitrogen functional groups attached to an aromatic ring is 1. The van der Waals surface area contributed by atoms with Gasteiger partial charge in [-0.3, -0.25) is 9.59 Å². The Hall–Kier alpha value is -8.20. The molecule has 6 aromatic carbocycles. The lowest BCUT2D eigenvalue weighted by Crippen LogP contribution is -2.47. The fourth-order valence-electron chi connectivity index (χ4n) is 11.4. The van der Waals surface area contributed by atoms with Gasteiger partial charge in [0.2, 0.25) is 0 Å². The Kier molecular flexibility index (Phi) is 23.5. The van der Waals surface area contributed by atoms with Crippen molar-refractivity contribution < 1.29 is 46.0 Å². The van der Waals surface area contributed by atoms with Crippen molar-refractivity contribution in [3.05, 3.63) is 187 Å². The smallest absolute Gasteiger partial charge is 0.410 e. The highest BCUT2D eigenvalue weighted by molar-refractivity contribution is 5.88. The molecule has 14 nitrogen and oxygen atoms in total. The molecule has 1 unspecified atom stereocenters. The summed E-state index contributed by atoms with van der Waals surface area (Å²) in [6, 6.07) is 53.4. The van der Waals surface area contributed by atoms with Crippen LogP contribution in [0.25, 0.3) is 44.1 Å². The maximum Gasteiger partial charge on any atom is 0.410 e. The molecule has 0 saturated carbocycles. The number of rotatable bonds is 16. The minimum absolute atomic E-state index is 0.0153. The zero-order valence-electron chi connectivity index (χ0n) is 55.0. The number of nitrogens with two attached hydrogens (primary N) is 1. The molecular weight excluding hydrogens is 1100 g/mol. The van der Waals surface area contributed by atoms with Gasteiger partial charge in [-0.15, -0.1) is 0 Å². The summed E-state index contributed by atoms with van der Waals surface area (Å²) in [7, 11) is 3.45. The Morgan fingerprint density at radius 2 is 1.03 bits per heavy atom. The van der Waals surface area contributed by atoms with E-state index in [9.17, 15) is 24.3 Å². The number of aryl methyl sites for hydroxylation is 2. The first kappa shape index (κ1) is 64.3. The molecule has 2 amide bonds. The van der Waals surface area contributed by atoms with E-state index in [0.717, 1.165) is 88.1 Å². The summed E-state index contributed by atoms with van der Waals surface area (Å²) in [6.07, 6.45) is 7.60. The molecule has 5 atom stereocenters. The number of methoxy groups -OCH3 is 2. The van der Waals surface area contributed by atoms with Crippen molar-refractivity contribution in [3.63, 3.8) is 0 Å². The van der Waals surface area contributed by atoms with Gasteiger partial charge in [-0.1, -0.05) is 148 Å². The molecule has 2 aliphatic rings. The van der Waals surface area contributed by atoms with Crippen LogP contribution in [0.4, 0.5) is 15.3 Å². The third kappa shape index (κ3) is 19.4. The fraction of sp³-hybridized carbons (Fsp3) is 0.405. The number of benzene rings is 6. The Morgan fingerprint density at radius 3 is 1.49 bits per heavy atom. The number of amides is 2. The number of anilines is 1. The first-order valence-electron chi connectivity index (χ1n) is 32.0. The van der Waals surface area contributed by atoms with Crippen molar-refractivity contribution in [3.8, 4) is 22.3 Å². The van der Waals surface area contributed by atoms with E-state index in [1.165, 1.54) is 15.8 Å². The number of nitrogens with zero attached hydrogens (tertiary/aromatic N) is 4. The number of aromatic nitrogens is 2. The van der Waals surface area contributed by atoms with Gasteiger partial charge in [0.15, 0.2) is 0 Å². The first-order valence-corrected chi connectivity index (χ1v) is 30.8. The average Bonchev–Trinajstić information content (AvgIpc) is 1.29. The van der Waals surface area contributed by atoms with Crippen LogP contribution in [-0.4, -0.2) is 113 Å². The standard InChI is InChI=1S/C36H42N2O4.C23H27NO4.C12H16N2O.C3H8/c1-36(2,3)42-35(40)38-20-17-31(30-13-8-12-29(24-30)27-10-6-5-7-11-27)32(25-38)34(39)23-26-14-15-28-16-19-37(33(28)22-26)18-9-21-41-4;1-23(2,3)28-22(27)24-13-12-19(20(15-24)21(25)26)18-11-7-10-17(14-18)16-8-5-4-6-9-16;1-15-8-2-6-14-7-5-10-3-4-11(13)9-12(10)14;1-3-2/h5-8,10-16,19,22,24,31-32H,9,17-18,20-21,23,25H2,1-4H3;4-11,14,19-20H,12-13,15H2,1-3H3,(H,25,26);3-5,7,9H,2,6,8,13H2,1H3;3H2,1-2H3/t31-,32+;19-,20+;;/m11../s1/i;;;1TD. The number of carbonyl (C=O) groups is 4. The highest BCUT2D eigenvalue weighted by atomic mass is 16.6. The molecule has 2 aromatic heterocycles. The van der Waals surface area contributed by atoms with Gasteiger partial charge < -0.3 is 48.7 Å². The number of Topliss-reactive ketones (excluding diaryl/α,β-unsaturated/α-hetero) is 1. The summed E-state index contributed by atoms with van der Waals surface area (Å²) in [4.78, 5) is 54.8. The Labute approximate surface area is 524 Å². The first-order chi connectivity index (χ1) is 43.0. The lowest BCUT2D eigenvalue weighted by atomic mass is 9.76. The van der Waals surface area contributed by atoms with E-state index in [1.807, 2.05) is 107 Å². The third-order valence-corrected chi connectivity index (χ3v) is 15.6. The summed E-state index contributed by atoms with van der Waals surface area (Å²) < 4.78 is 38.8. The Bertz CT molecular complexity index is 3570. The van der Waals surface area contributed by atoms with Gasteiger partial charge in [0.05, 0.1) is 11.4 Å². The van der Waals surface area contributed by atoms with Crippen molar-refractivity contribution in [2.45, 2.75) is 130 Å². The largest absolute Gasteiger partial charge is 0.481 e. The molecule has 0 spiro atoms. The topological polar surface area (TPSA) is 168 Å². The second-order valence-corrected chi connectivity index (χ2v) is 24.7. The number of ether oxygens (including phenoxy) is 4. The van der Waals surface area contributed by atoms with Gasteiger partial charge in [0.1, 0.15) is 17.0 Å². The quantitative estimate of drug-likeness (QED) is 0.0702. The van der Waals surface area contributed by atoms with Gasteiger partial charge >= 0.3 is 18.2 Å². The number of hydrogen-bond acceptors (Lipinski definition) is 9. The minimum atomic E-state index is -0.886. The molecule has 8 aromatic rings. The van der Waals surface area contributed by atoms with E-state index in [4.69, 9.17) is 27.4 Å². The Morgan fingerprint density at radius 1 is 0.591 bits per heavy atom. The summed E-state index contributed by atoms with van der Waals surface area (Å²) in [6.45, 7) is 17.1. The predicted octanol–water partition coefficient (Wildman–Crippen LogP) is 16.0. The van der Waals surface area contributed by atoms with Gasteiger partial charge in [0, 0.05) is 111 Å². The van der Waals surface area contributed by atoms with E-state index in [0.29, 0.717) is 51.9 Å². The number of aliphatic carboxylic acids is 1. The lowest BCUT2D eigenvalue weighted by Gasteiger charge is -2.38. The van der Waals surface area contributed by atoms with Crippen molar-refractivity contribution >= 4 is 51.4 Å². The highest BCUT2D eigenvalue weighted by Gasteiger charge is 2.40. The van der Waals surface area contributed by atoms with E-state index in [1.54, 1.807) is 39.9 Å². The van der Waals surface area contributed by atoms with Gasteiger partial charge in [-0.2, -0.15) is 0 Å². The van der Waals surface area contributed by atoms with Crippen LogP contribution >= 0.6 is 0 Å². The molecule has 2 fully saturated rings. The van der Waals surface area contributed by atoms with Crippen LogP contribution in [0.15, 0.2) is 170 Å². The zero-order chi connectivity index (χ0) is 65.0. The summed E-state index contributed by atoms with van der Waals surface area (Å²) >= 11 is 0. The Balaban J connectivity index is 0.000000204. The number of carboxylic acids is 1. The summed E-state index contributed by atoms with van der Waals surface area (Å²) in [5, 5.41) is 12.2. The van der Waals surface area contributed by atoms with Crippen LogP contribution in [0.2, 0.25) is 0 Å². The number of ketones is 1. The van der Waals surface area contributed by atoms with Crippen LogP contribution in [0, 0.1) is 11.8 Å². The second kappa shape index (κ2) is 32.2. The van der Waals surface area contributed by atoms with E-state index in [2.05, 4.69) is 100 Å². The van der Waals surface area contributed by atoms with Crippen molar-refractivity contribution in [1.82, 2.24) is 18.9 Å². The number of piperidine rings is 2. The molecule has 468 valence electrons. The molecule has 14 heteroatoms. The maximum atomic E-state index is 14.1. The lowest BCUT2D eigenvalue weighted by molar-refractivity contribution is -0.144. The summed E-state index contributed by atoms with van der Waals surface area (Å²) in [5.74, 6) is -1.85. The molecule has 0 bridgehead atoms. The number of fused-ring (bicyclic) bond motifs is 2. The predicted molar refractivity (Wildman–Crippen MR) is 355 cm³/mol. The SMILES string of the molecule is CC(C)(C)OC(=O)N1CC[C@H](c2cccc(-c3ccccc3)c2)[C@@H](C(=O)O)C1.COCCCn1ccc2ccc(CC(=O)[C@H]3CN(C(=O)OC(C)(C)C)CC[C@@H]3c3cccc(-c4ccccc4)c3)cc21.COCCCn1ccc2ccc(N)cc21.[2H]C([3H])CC. The number of carbonyl (C=O) groups excluding carboxylic acids is 3. The molecule has 2 saturated heterocycles. The molecular formula is C74H93N5O9.